The van der Waals surface area contributed by atoms with Crippen LogP contribution in [0.5, 0.6) is 5.75 Å². The Morgan fingerprint density at radius 3 is 2.39 bits per heavy atom. The first-order valence-electron chi connectivity index (χ1n) is 8.82. The van der Waals surface area contributed by atoms with E-state index in [4.69, 9.17) is 16.3 Å². The Morgan fingerprint density at radius 2 is 1.79 bits per heavy atom. The molecule has 0 fully saturated rings. The molecule has 1 unspecified atom stereocenters. The lowest BCUT2D eigenvalue weighted by atomic mass is 10.1. The summed E-state index contributed by atoms with van der Waals surface area (Å²) in [5.41, 5.74) is 0.964. The molecule has 0 aliphatic rings. The van der Waals surface area contributed by atoms with Gasteiger partial charge in [-0.15, -0.1) is 0 Å². The summed E-state index contributed by atoms with van der Waals surface area (Å²) in [6.07, 6.45) is 0.0420. The van der Waals surface area contributed by atoms with Gasteiger partial charge in [-0.05, 0) is 56.7 Å². The van der Waals surface area contributed by atoms with Crippen LogP contribution in [-0.2, 0) is 10.0 Å². The molecule has 0 aromatic heterocycles. The van der Waals surface area contributed by atoms with E-state index in [1.807, 2.05) is 45.0 Å². The van der Waals surface area contributed by atoms with Gasteiger partial charge in [0.2, 0.25) is 10.0 Å². The number of nitrogens with zero attached hydrogens (tertiary/aromatic N) is 1. The van der Waals surface area contributed by atoms with Gasteiger partial charge in [0.1, 0.15) is 5.75 Å². The fraction of sp³-hybridized carbons (Fsp3) is 0.350. The van der Waals surface area contributed by atoms with E-state index >= 15 is 0 Å². The molecule has 1 N–H and O–H groups in total. The monoisotopic (exact) mass is 424 g/mol. The van der Waals surface area contributed by atoms with E-state index in [0.29, 0.717) is 5.75 Å². The third kappa shape index (κ3) is 5.25. The molecule has 0 heterocycles. The van der Waals surface area contributed by atoms with Crippen LogP contribution in [0.3, 0.4) is 0 Å². The minimum Gasteiger partial charge on any atom is -0.491 e. The molecule has 2 aromatic rings. The first-order valence-corrected chi connectivity index (χ1v) is 10.6. The van der Waals surface area contributed by atoms with Crippen LogP contribution >= 0.6 is 11.6 Å². The minimum atomic E-state index is -3.67. The molecule has 28 heavy (non-hydrogen) atoms. The summed E-state index contributed by atoms with van der Waals surface area (Å²) in [7, 11) is -0.812. The second-order valence-electron chi connectivity index (χ2n) is 6.86. The molecule has 2 aromatic carbocycles. The molecule has 0 aliphatic heterocycles. The van der Waals surface area contributed by atoms with Crippen LogP contribution in [0.4, 0.5) is 0 Å². The average molecular weight is 425 g/mol. The second-order valence-corrected chi connectivity index (χ2v) is 9.42. The highest BCUT2D eigenvalue weighted by Gasteiger charge is 2.21. The van der Waals surface area contributed by atoms with E-state index in [1.54, 1.807) is 0 Å². The fourth-order valence-corrected chi connectivity index (χ4v) is 3.67. The molecule has 0 aliphatic carbocycles. The predicted octanol–water partition coefficient (Wildman–Crippen LogP) is 3.87. The van der Waals surface area contributed by atoms with Crippen molar-refractivity contribution in [1.82, 2.24) is 9.62 Å². The predicted molar refractivity (Wildman–Crippen MR) is 110 cm³/mol. The fourth-order valence-electron chi connectivity index (χ4n) is 2.54. The standard InChI is InChI=1S/C20H25ClN2O4S/c1-13(2)27-16-8-6-7-15(11-16)14(3)22-20(24)18-12-17(9-10-19(18)21)28(25,26)23(4)5/h6-14H,1-5H3,(H,22,24). The lowest BCUT2D eigenvalue weighted by Crippen LogP contribution is -2.28. The van der Waals surface area contributed by atoms with Crippen molar-refractivity contribution in [3.05, 3.63) is 58.6 Å². The van der Waals surface area contributed by atoms with Crippen molar-refractivity contribution in [1.29, 1.82) is 0 Å². The van der Waals surface area contributed by atoms with Gasteiger partial charge < -0.3 is 10.1 Å². The van der Waals surface area contributed by atoms with Crippen LogP contribution in [0.15, 0.2) is 47.4 Å². The van der Waals surface area contributed by atoms with Gasteiger partial charge in [-0.3, -0.25) is 4.79 Å². The van der Waals surface area contributed by atoms with Crippen molar-refractivity contribution in [3.63, 3.8) is 0 Å². The summed E-state index contributed by atoms with van der Waals surface area (Å²) in [6.45, 7) is 5.71. The molecular weight excluding hydrogens is 400 g/mol. The van der Waals surface area contributed by atoms with Crippen molar-refractivity contribution >= 4 is 27.5 Å². The van der Waals surface area contributed by atoms with Crippen LogP contribution < -0.4 is 10.1 Å². The lowest BCUT2D eigenvalue weighted by molar-refractivity contribution is 0.0939. The SMILES string of the molecule is CC(C)Oc1cccc(C(C)NC(=O)c2cc(S(=O)(=O)N(C)C)ccc2Cl)c1. The molecule has 6 nitrogen and oxygen atoms in total. The van der Waals surface area contributed by atoms with Crippen LogP contribution in [0.25, 0.3) is 0 Å². The summed E-state index contributed by atoms with van der Waals surface area (Å²) in [6, 6.07) is 11.2. The number of nitrogens with one attached hydrogen (secondary N) is 1. The zero-order chi connectivity index (χ0) is 21.1. The Morgan fingerprint density at radius 1 is 1.11 bits per heavy atom. The molecule has 1 atom stereocenters. The topological polar surface area (TPSA) is 75.7 Å². The largest absolute Gasteiger partial charge is 0.491 e. The van der Waals surface area contributed by atoms with Gasteiger partial charge in [0.25, 0.3) is 5.91 Å². The summed E-state index contributed by atoms with van der Waals surface area (Å²) in [5, 5.41) is 3.03. The number of hydrogen-bond donors (Lipinski definition) is 1. The zero-order valence-corrected chi connectivity index (χ0v) is 18.1. The van der Waals surface area contributed by atoms with Gasteiger partial charge in [0.15, 0.2) is 0 Å². The molecule has 1 amide bonds. The Kier molecular flexibility index (Phi) is 7.09. The Hall–Kier alpha value is -2.09. The maximum absolute atomic E-state index is 12.7. The summed E-state index contributed by atoms with van der Waals surface area (Å²) < 4.78 is 31.4. The Labute approximate surface area is 171 Å². The van der Waals surface area contributed by atoms with E-state index in [2.05, 4.69) is 5.32 Å². The third-order valence-electron chi connectivity index (χ3n) is 4.04. The molecule has 8 heteroatoms. The number of ether oxygens (including phenoxy) is 1. The third-order valence-corrected chi connectivity index (χ3v) is 6.18. The van der Waals surface area contributed by atoms with Gasteiger partial charge in [-0.25, -0.2) is 12.7 Å². The van der Waals surface area contributed by atoms with Crippen LogP contribution in [0.1, 0.15) is 42.7 Å². The van der Waals surface area contributed by atoms with Gasteiger partial charge in [-0.2, -0.15) is 0 Å². The van der Waals surface area contributed by atoms with E-state index in [1.165, 1.54) is 32.3 Å². The van der Waals surface area contributed by atoms with E-state index in [9.17, 15) is 13.2 Å². The highest BCUT2D eigenvalue weighted by Crippen LogP contribution is 2.24. The minimum absolute atomic E-state index is 0.00651. The van der Waals surface area contributed by atoms with Gasteiger partial charge in [0.05, 0.1) is 27.6 Å². The highest BCUT2D eigenvalue weighted by atomic mass is 35.5. The van der Waals surface area contributed by atoms with Crippen molar-refractivity contribution in [3.8, 4) is 5.75 Å². The number of hydrogen-bond acceptors (Lipinski definition) is 4. The van der Waals surface area contributed by atoms with Gasteiger partial charge in [-0.1, -0.05) is 23.7 Å². The molecule has 152 valence electrons. The molecule has 0 spiro atoms. The first-order chi connectivity index (χ1) is 13.0. The van der Waals surface area contributed by atoms with Gasteiger partial charge >= 0.3 is 0 Å². The normalized spacial score (nSPS) is 12.9. The molecular formula is C20H25ClN2O4S. The molecule has 0 radical (unpaired) electrons. The second kappa shape index (κ2) is 8.94. The van der Waals surface area contributed by atoms with Crippen molar-refractivity contribution < 1.29 is 17.9 Å². The number of rotatable bonds is 7. The molecule has 2 rings (SSSR count). The smallest absolute Gasteiger partial charge is 0.253 e. The van der Waals surface area contributed by atoms with Crippen molar-refractivity contribution in [2.45, 2.75) is 37.8 Å². The van der Waals surface area contributed by atoms with Crippen LogP contribution in [-0.4, -0.2) is 38.8 Å². The van der Waals surface area contributed by atoms with E-state index < -0.39 is 15.9 Å². The number of amides is 1. The van der Waals surface area contributed by atoms with E-state index in [-0.39, 0.29) is 27.6 Å². The highest BCUT2D eigenvalue weighted by molar-refractivity contribution is 7.89. The lowest BCUT2D eigenvalue weighted by Gasteiger charge is -2.18. The average Bonchev–Trinajstić information content (AvgIpc) is 2.61. The summed E-state index contributed by atoms with van der Waals surface area (Å²) in [5.74, 6) is 0.259. The number of benzene rings is 2. The number of sulfonamides is 1. The number of carbonyl (C=O) groups is 1. The van der Waals surface area contributed by atoms with Crippen LogP contribution in [0, 0.1) is 0 Å². The Balaban J connectivity index is 2.25. The van der Waals surface area contributed by atoms with Crippen molar-refractivity contribution in [2.75, 3.05) is 14.1 Å². The molecule has 0 saturated carbocycles. The van der Waals surface area contributed by atoms with Gasteiger partial charge in [0, 0.05) is 14.1 Å². The Bertz CT molecular complexity index is 958. The molecule has 0 saturated heterocycles. The van der Waals surface area contributed by atoms with Crippen LogP contribution in [0.2, 0.25) is 5.02 Å². The number of carbonyl (C=O) groups excluding carboxylic acids is 1. The van der Waals surface area contributed by atoms with Crippen molar-refractivity contribution in [2.24, 2.45) is 0 Å². The summed E-state index contributed by atoms with van der Waals surface area (Å²) >= 11 is 6.14. The quantitative estimate of drug-likeness (QED) is 0.732. The van der Waals surface area contributed by atoms with E-state index in [0.717, 1.165) is 9.87 Å². The number of halogens is 1. The maximum Gasteiger partial charge on any atom is 0.253 e. The maximum atomic E-state index is 12.7. The summed E-state index contributed by atoms with van der Waals surface area (Å²) in [4.78, 5) is 12.7. The first kappa shape index (κ1) is 22.2. The molecule has 0 bridgehead atoms. The zero-order valence-electron chi connectivity index (χ0n) is 16.6.